The van der Waals surface area contributed by atoms with Gasteiger partial charge in [0.1, 0.15) is 5.82 Å². The molecule has 0 spiro atoms. The Bertz CT molecular complexity index is 335. The van der Waals surface area contributed by atoms with Gasteiger partial charge in [0, 0.05) is 25.3 Å². The third kappa shape index (κ3) is 2.93. The second kappa shape index (κ2) is 5.27. The summed E-state index contributed by atoms with van der Waals surface area (Å²) in [5, 5.41) is 0. The van der Waals surface area contributed by atoms with Crippen LogP contribution < -0.4 is 10.6 Å². The van der Waals surface area contributed by atoms with Gasteiger partial charge in [0.2, 0.25) is 0 Å². The molecule has 0 saturated carbocycles. The maximum atomic E-state index is 5.80. The summed E-state index contributed by atoms with van der Waals surface area (Å²) in [4.78, 5) is 6.66. The van der Waals surface area contributed by atoms with Crippen molar-refractivity contribution in [1.29, 1.82) is 0 Å². The summed E-state index contributed by atoms with van der Waals surface area (Å²) in [5.41, 5.74) is 7.05. The van der Waals surface area contributed by atoms with Crippen molar-refractivity contribution in [3.8, 4) is 0 Å². The smallest absolute Gasteiger partial charge is 0.128 e. The molecule has 1 saturated heterocycles. The van der Waals surface area contributed by atoms with Gasteiger partial charge in [0.05, 0.1) is 13.2 Å². The van der Waals surface area contributed by atoms with Crippen LogP contribution in [0.4, 0.5) is 5.82 Å². The molecular weight excluding hydrogens is 202 g/mol. The lowest BCUT2D eigenvalue weighted by Crippen LogP contribution is -2.36. The molecule has 4 heteroatoms. The van der Waals surface area contributed by atoms with E-state index in [0.29, 0.717) is 0 Å². The first kappa shape index (κ1) is 11.4. The molecule has 0 bridgehead atoms. The number of rotatable bonds is 3. The minimum Gasteiger partial charge on any atom is -0.378 e. The van der Waals surface area contributed by atoms with Gasteiger partial charge in [-0.1, -0.05) is 0 Å². The molecule has 1 atom stereocenters. The molecule has 2 N–H and O–H groups in total. The summed E-state index contributed by atoms with van der Waals surface area (Å²) in [5.74, 6) is 1.04. The molecule has 0 amide bonds. The fraction of sp³-hybridized carbons (Fsp3) is 0.583. The van der Waals surface area contributed by atoms with Crippen LogP contribution in [0.25, 0.3) is 0 Å². The van der Waals surface area contributed by atoms with E-state index in [1.807, 2.05) is 19.2 Å². The molecule has 4 nitrogen and oxygen atoms in total. The molecule has 88 valence electrons. The highest BCUT2D eigenvalue weighted by Crippen LogP contribution is 2.14. The Morgan fingerprint density at radius 1 is 1.50 bits per heavy atom. The van der Waals surface area contributed by atoms with Gasteiger partial charge in [-0.25, -0.2) is 4.98 Å². The Balaban J connectivity index is 2.08. The number of hydrogen-bond acceptors (Lipinski definition) is 4. The van der Waals surface area contributed by atoms with Crippen LogP contribution in [0.2, 0.25) is 0 Å². The molecule has 1 aliphatic rings. The first-order valence-corrected chi connectivity index (χ1v) is 5.79. The van der Waals surface area contributed by atoms with Crippen molar-refractivity contribution in [3.63, 3.8) is 0 Å². The van der Waals surface area contributed by atoms with E-state index >= 15 is 0 Å². The summed E-state index contributed by atoms with van der Waals surface area (Å²) >= 11 is 0. The molecule has 2 heterocycles. The van der Waals surface area contributed by atoms with Crippen LogP contribution in [0.3, 0.4) is 0 Å². The van der Waals surface area contributed by atoms with Gasteiger partial charge in [-0.2, -0.15) is 0 Å². The Kier molecular flexibility index (Phi) is 3.74. The van der Waals surface area contributed by atoms with Crippen LogP contribution in [-0.4, -0.2) is 37.3 Å². The van der Waals surface area contributed by atoms with E-state index < -0.39 is 0 Å². The van der Waals surface area contributed by atoms with Gasteiger partial charge in [0.15, 0.2) is 0 Å². The number of aromatic nitrogens is 1. The Hall–Kier alpha value is -1.13. The van der Waals surface area contributed by atoms with Crippen molar-refractivity contribution in [2.24, 2.45) is 5.73 Å². The summed E-state index contributed by atoms with van der Waals surface area (Å²) in [6, 6.07) is 4.36. The predicted octanol–water partition coefficient (Wildman–Crippen LogP) is 0.808. The molecule has 16 heavy (non-hydrogen) atoms. The second-order valence-corrected chi connectivity index (χ2v) is 4.30. The molecule has 2 rings (SSSR count). The van der Waals surface area contributed by atoms with Crippen LogP contribution in [0.5, 0.6) is 0 Å². The topological polar surface area (TPSA) is 51.4 Å². The quantitative estimate of drug-likeness (QED) is 0.820. The average molecular weight is 221 g/mol. The van der Waals surface area contributed by atoms with E-state index in [2.05, 4.69) is 16.0 Å². The lowest BCUT2D eigenvalue weighted by atomic mass is 10.1. The van der Waals surface area contributed by atoms with Gasteiger partial charge in [0.25, 0.3) is 0 Å². The fourth-order valence-electron chi connectivity index (χ4n) is 1.92. The zero-order valence-electron chi connectivity index (χ0n) is 9.72. The summed E-state index contributed by atoms with van der Waals surface area (Å²) < 4.78 is 5.33. The molecule has 0 radical (unpaired) electrons. The lowest BCUT2D eigenvalue weighted by Gasteiger charge is -2.28. The minimum atomic E-state index is 0.194. The van der Waals surface area contributed by atoms with Crippen molar-refractivity contribution in [3.05, 3.63) is 23.9 Å². The number of pyridine rings is 1. The highest BCUT2D eigenvalue weighted by molar-refractivity contribution is 5.41. The number of nitrogens with zero attached hydrogens (tertiary/aromatic N) is 2. The molecule has 0 aromatic carbocycles. The first-order chi connectivity index (χ1) is 7.75. The zero-order valence-corrected chi connectivity index (χ0v) is 9.72. The largest absolute Gasteiger partial charge is 0.378 e. The molecule has 1 unspecified atom stereocenters. The number of nitrogens with two attached hydrogens (primary N) is 1. The Morgan fingerprint density at radius 3 is 2.94 bits per heavy atom. The minimum absolute atomic E-state index is 0.194. The molecule has 1 aromatic rings. The van der Waals surface area contributed by atoms with E-state index in [-0.39, 0.29) is 6.04 Å². The third-order valence-corrected chi connectivity index (χ3v) is 2.70. The van der Waals surface area contributed by atoms with E-state index in [0.717, 1.165) is 38.5 Å². The van der Waals surface area contributed by atoms with Crippen molar-refractivity contribution in [2.75, 3.05) is 31.2 Å². The van der Waals surface area contributed by atoms with Crippen LogP contribution in [0, 0.1) is 0 Å². The number of ether oxygens (including phenoxy) is 1. The monoisotopic (exact) mass is 221 g/mol. The fourth-order valence-corrected chi connectivity index (χ4v) is 1.92. The predicted molar refractivity (Wildman–Crippen MR) is 64.6 cm³/mol. The molecular formula is C12H19N3O. The van der Waals surface area contributed by atoms with Crippen molar-refractivity contribution in [1.82, 2.24) is 4.98 Å². The molecule has 0 aliphatic carbocycles. The van der Waals surface area contributed by atoms with Crippen molar-refractivity contribution < 1.29 is 4.74 Å². The summed E-state index contributed by atoms with van der Waals surface area (Å²) in [7, 11) is 0. The van der Waals surface area contributed by atoms with Gasteiger partial charge in [-0.05, 0) is 31.0 Å². The molecule has 1 fully saturated rings. The third-order valence-electron chi connectivity index (χ3n) is 2.70. The van der Waals surface area contributed by atoms with E-state index in [4.69, 9.17) is 10.5 Å². The maximum absolute atomic E-state index is 5.80. The van der Waals surface area contributed by atoms with Crippen molar-refractivity contribution >= 4 is 5.82 Å². The van der Waals surface area contributed by atoms with Crippen LogP contribution in [0.1, 0.15) is 12.5 Å². The van der Waals surface area contributed by atoms with Gasteiger partial charge in [-0.3, -0.25) is 0 Å². The van der Waals surface area contributed by atoms with E-state index in [1.54, 1.807) is 0 Å². The number of hydrogen-bond donors (Lipinski definition) is 1. The second-order valence-electron chi connectivity index (χ2n) is 4.30. The van der Waals surface area contributed by atoms with Crippen molar-refractivity contribution in [2.45, 2.75) is 19.4 Å². The van der Waals surface area contributed by atoms with Gasteiger partial charge >= 0.3 is 0 Å². The lowest BCUT2D eigenvalue weighted by molar-refractivity contribution is 0.122. The Labute approximate surface area is 96.4 Å². The number of anilines is 1. The van der Waals surface area contributed by atoms with Crippen LogP contribution in [0.15, 0.2) is 18.3 Å². The molecule has 1 aromatic heterocycles. The van der Waals surface area contributed by atoms with Crippen LogP contribution >= 0.6 is 0 Å². The van der Waals surface area contributed by atoms with Gasteiger partial charge < -0.3 is 15.4 Å². The van der Waals surface area contributed by atoms with Gasteiger partial charge in [-0.15, -0.1) is 0 Å². The maximum Gasteiger partial charge on any atom is 0.128 e. The zero-order chi connectivity index (χ0) is 11.4. The SMILES string of the molecule is CC(N)Cc1ccnc(N2CCOCC2)c1. The van der Waals surface area contributed by atoms with Crippen LogP contribution in [-0.2, 0) is 11.2 Å². The van der Waals surface area contributed by atoms with E-state index in [9.17, 15) is 0 Å². The highest BCUT2D eigenvalue weighted by Gasteiger charge is 2.12. The Morgan fingerprint density at radius 2 is 2.25 bits per heavy atom. The number of morpholine rings is 1. The summed E-state index contributed by atoms with van der Waals surface area (Å²) in [6.45, 7) is 5.45. The molecule has 1 aliphatic heterocycles. The standard InChI is InChI=1S/C12H19N3O/c1-10(13)8-11-2-3-14-12(9-11)15-4-6-16-7-5-15/h2-3,9-10H,4-8,13H2,1H3. The highest BCUT2D eigenvalue weighted by atomic mass is 16.5. The summed E-state index contributed by atoms with van der Waals surface area (Å²) in [6.07, 6.45) is 2.77. The normalized spacial score (nSPS) is 18.5. The average Bonchev–Trinajstić information content (AvgIpc) is 2.30. The first-order valence-electron chi connectivity index (χ1n) is 5.79. The van der Waals surface area contributed by atoms with E-state index in [1.165, 1.54) is 5.56 Å².